The molecule has 3 aromatic rings. The number of hydrogen-bond donors (Lipinski definition) is 2. The van der Waals surface area contributed by atoms with Gasteiger partial charge < -0.3 is 10.6 Å². The van der Waals surface area contributed by atoms with E-state index in [0.29, 0.717) is 5.56 Å². The van der Waals surface area contributed by atoms with Crippen LogP contribution in [0.1, 0.15) is 21.5 Å². The molecule has 0 bridgehead atoms. The summed E-state index contributed by atoms with van der Waals surface area (Å²) in [4.78, 5) is 12.6. The highest BCUT2D eigenvalue weighted by molar-refractivity contribution is 6.13. The van der Waals surface area contributed by atoms with Crippen molar-refractivity contribution in [1.82, 2.24) is 0 Å². The number of halogens is 1. The summed E-state index contributed by atoms with van der Waals surface area (Å²) in [5, 5.41) is 8.46. The Labute approximate surface area is 139 Å². The van der Waals surface area contributed by atoms with Gasteiger partial charge in [-0.25, -0.2) is 4.39 Å². The van der Waals surface area contributed by atoms with E-state index in [9.17, 15) is 9.18 Å². The number of benzene rings is 3. The van der Waals surface area contributed by atoms with Crippen LogP contribution in [0.3, 0.4) is 0 Å². The first kappa shape index (κ1) is 14.7. The van der Waals surface area contributed by atoms with Gasteiger partial charge in [0.15, 0.2) is 0 Å². The quantitative estimate of drug-likeness (QED) is 0.752. The molecular weight excluding hydrogens is 303 g/mol. The topological polar surface area (TPSA) is 41.1 Å². The highest BCUT2D eigenvalue weighted by Crippen LogP contribution is 2.40. The van der Waals surface area contributed by atoms with Gasteiger partial charge in [-0.05, 0) is 59.7 Å². The van der Waals surface area contributed by atoms with Crippen LogP contribution in [0.25, 0.3) is 10.8 Å². The van der Waals surface area contributed by atoms with Gasteiger partial charge >= 0.3 is 0 Å². The molecule has 2 N–H and O–H groups in total. The van der Waals surface area contributed by atoms with Crippen molar-refractivity contribution in [3.8, 4) is 0 Å². The molecule has 1 aliphatic carbocycles. The average Bonchev–Trinajstić information content (AvgIpc) is 3.02. The highest BCUT2D eigenvalue weighted by Gasteiger charge is 2.20. The number of hydrogen-bond acceptors (Lipinski definition) is 2. The van der Waals surface area contributed by atoms with Crippen molar-refractivity contribution in [2.24, 2.45) is 0 Å². The molecule has 0 fully saturated rings. The summed E-state index contributed by atoms with van der Waals surface area (Å²) in [6, 6.07) is 13.9. The van der Waals surface area contributed by atoms with Crippen LogP contribution in [0, 0.1) is 5.82 Å². The maximum absolute atomic E-state index is 13.1. The fourth-order valence-corrected chi connectivity index (χ4v) is 3.44. The minimum Gasteiger partial charge on any atom is -0.386 e. The second kappa shape index (κ2) is 5.64. The van der Waals surface area contributed by atoms with Gasteiger partial charge in [0, 0.05) is 18.0 Å². The standard InChI is InChI=1S/C20H17FN2O/c1-22-17-11-14-6-5-12-3-2-4-16(18(12)14)19(17)23-20(24)13-7-9-15(21)10-8-13/h2-4,7-11,22H,5-6H2,1H3,(H,23,24). The molecule has 0 spiro atoms. The average molecular weight is 320 g/mol. The van der Waals surface area contributed by atoms with Gasteiger partial charge in [-0.2, -0.15) is 0 Å². The van der Waals surface area contributed by atoms with Crippen molar-refractivity contribution >= 4 is 28.1 Å². The molecule has 3 nitrogen and oxygen atoms in total. The van der Waals surface area contributed by atoms with Crippen LogP contribution in [0.2, 0.25) is 0 Å². The van der Waals surface area contributed by atoms with Crippen LogP contribution in [0.5, 0.6) is 0 Å². The Morgan fingerprint density at radius 3 is 2.54 bits per heavy atom. The normalized spacial score (nSPS) is 12.4. The fraction of sp³-hybridized carbons (Fsp3) is 0.150. The number of rotatable bonds is 3. The minimum atomic E-state index is -0.354. The van der Waals surface area contributed by atoms with Crippen LogP contribution >= 0.6 is 0 Å². The zero-order chi connectivity index (χ0) is 16.7. The Bertz CT molecular complexity index is 948. The predicted molar refractivity (Wildman–Crippen MR) is 95.3 cm³/mol. The smallest absolute Gasteiger partial charge is 0.255 e. The number of amides is 1. The lowest BCUT2D eigenvalue weighted by Crippen LogP contribution is -2.13. The third-order valence-corrected chi connectivity index (χ3v) is 4.61. The fourth-order valence-electron chi connectivity index (χ4n) is 3.44. The van der Waals surface area contributed by atoms with Crippen LogP contribution in [0.4, 0.5) is 15.8 Å². The van der Waals surface area contributed by atoms with Crippen molar-refractivity contribution in [1.29, 1.82) is 0 Å². The number of nitrogens with one attached hydrogen (secondary N) is 2. The van der Waals surface area contributed by atoms with Gasteiger partial charge in [-0.3, -0.25) is 4.79 Å². The van der Waals surface area contributed by atoms with Gasteiger partial charge in [0.2, 0.25) is 0 Å². The molecular formula is C20H17FN2O. The molecule has 1 amide bonds. The summed E-state index contributed by atoms with van der Waals surface area (Å²) in [5.74, 6) is -0.599. The molecule has 24 heavy (non-hydrogen) atoms. The molecule has 0 radical (unpaired) electrons. The summed E-state index contributed by atoms with van der Waals surface area (Å²) in [5.41, 5.74) is 4.73. The van der Waals surface area contributed by atoms with E-state index in [2.05, 4.69) is 22.8 Å². The molecule has 120 valence electrons. The van der Waals surface area contributed by atoms with E-state index in [-0.39, 0.29) is 11.7 Å². The molecule has 1 aliphatic rings. The highest BCUT2D eigenvalue weighted by atomic mass is 19.1. The summed E-state index contributed by atoms with van der Waals surface area (Å²) in [7, 11) is 1.85. The van der Waals surface area contributed by atoms with E-state index in [0.717, 1.165) is 29.6 Å². The Morgan fingerprint density at radius 1 is 1.04 bits per heavy atom. The van der Waals surface area contributed by atoms with Crippen molar-refractivity contribution in [3.63, 3.8) is 0 Å². The van der Waals surface area contributed by atoms with E-state index in [1.807, 2.05) is 19.2 Å². The van der Waals surface area contributed by atoms with Crippen LogP contribution in [0.15, 0.2) is 48.5 Å². The lowest BCUT2D eigenvalue weighted by atomic mass is 10.0. The van der Waals surface area contributed by atoms with E-state index in [1.54, 1.807) is 0 Å². The van der Waals surface area contributed by atoms with Crippen molar-refractivity contribution in [2.45, 2.75) is 12.8 Å². The molecule has 0 unspecified atom stereocenters. The molecule has 3 aromatic carbocycles. The maximum Gasteiger partial charge on any atom is 0.255 e. The third-order valence-electron chi connectivity index (χ3n) is 4.61. The van der Waals surface area contributed by atoms with Gasteiger partial charge in [0.1, 0.15) is 5.82 Å². The minimum absolute atomic E-state index is 0.245. The number of anilines is 2. The van der Waals surface area contributed by atoms with E-state index in [4.69, 9.17) is 0 Å². The first-order valence-electron chi connectivity index (χ1n) is 7.99. The van der Waals surface area contributed by atoms with Gasteiger partial charge in [-0.1, -0.05) is 18.2 Å². The second-order valence-corrected chi connectivity index (χ2v) is 6.01. The summed E-state index contributed by atoms with van der Waals surface area (Å²) < 4.78 is 13.1. The molecule has 0 aromatic heterocycles. The van der Waals surface area contributed by atoms with Crippen molar-refractivity contribution in [2.75, 3.05) is 17.7 Å². The third kappa shape index (κ3) is 2.31. The summed E-state index contributed by atoms with van der Waals surface area (Å²) in [6.07, 6.45) is 2.06. The molecule has 0 saturated heterocycles. The lowest BCUT2D eigenvalue weighted by Gasteiger charge is -2.16. The number of carbonyl (C=O) groups excluding carboxylic acids is 1. The van der Waals surface area contributed by atoms with E-state index in [1.165, 1.54) is 40.8 Å². The first-order valence-corrected chi connectivity index (χ1v) is 7.99. The summed E-state index contributed by atoms with van der Waals surface area (Å²) in [6.45, 7) is 0. The molecule has 4 heteroatoms. The molecule has 0 atom stereocenters. The Balaban J connectivity index is 1.81. The molecule has 0 heterocycles. The molecule has 4 rings (SSSR count). The van der Waals surface area contributed by atoms with E-state index < -0.39 is 0 Å². The monoisotopic (exact) mass is 320 g/mol. The zero-order valence-electron chi connectivity index (χ0n) is 13.3. The van der Waals surface area contributed by atoms with Gasteiger partial charge in [0.05, 0.1) is 11.4 Å². The largest absolute Gasteiger partial charge is 0.386 e. The predicted octanol–water partition coefficient (Wildman–Crippen LogP) is 4.37. The van der Waals surface area contributed by atoms with Crippen LogP contribution < -0.4 is 10.6 Å². The van der Waals surface area contributed by atoms with Gasteiger partial charge in [0.25, 0.3) is 5.91 Å². The SMILES string of the molecule is CNc1cc2c3c(cccc3c1NC(=O)c1ccc(F)cc1)CC2. The van der Waals surface area contributed by atoms with Crippen LogP contribution in [-0.2, 0) is 12.8 Å². The second-order valence-electron chi connectivity index (χ2n) is 6.01. The number of aryl methyl sites for hydroxylation is 2. The Kier molecular flexibility index (Phi) is 3.45. The van der Waals surface area contributed by atoms with Crippen molar-refractivity contribution < 1.29 is 9.18 Å². The maximum atomic E-state index is 13.1. The van der Waals surface area contributed by atoms with Crippen molar-refractivity contribution in [3.05, 3.63) is 71.0 Å². The Hall–Kier alpha value is -2.88. The van der Waals surface area contributed by atoms with E-state index >= 15 is 0 Å². The first-order chi connectivity index (χ1) is 11.7. The molecule has 0 saturated carbocycles. The molecule has 0 aliphatic heterocycles. The summed E-state index contributed by atoms with van der Waals surface area (Å²) >= 11 is 0. The van der Waals surface area contributed by atoms with Crippen LogP contribution in [-0.4, -0.2) is 13.0 Å². The van der Waals surface area contributed by atoms with Gasteiger partial charge in [-0.15, -0.1) is 0 Å². The number of carbonyl (C=O) groups is 1. The zero-order valence-corrected chi connectivity index (χ0v) is 13.3. The Morgan fingerprint density at radius 2 is 1.79 bits per heavy atom. The lowest BCUT2D eigenvalue weighted by molar-refractivity contribution is 0.102.